The summed E-state index contributed by atoms with van der Waals surface area (Å²) in [5.74, 6) is -0.511. The molecule has 2 fully saturated rings. The first-order chi connectivity index (χ1) is 8.63. The second-order valence-corrected chi connectivity index (χ2v) is 4.77. The fourth-order valence-corrected chi connectivity index (χ4v) is 2.48. The van der Waals surface area contributed by atoms with E-state index in [2.05, 4.69) is 0 Å². The molecule has 1 atom stereocenters. The third-order valence-electron chi connectivity index (χ3n) is 3.59. The number of primary amides is 1. The van der Waals surface area contributed by atoms with E-state index in [0.29, 0.717) is 19.8 Å². The molecule has 1 aliphatic carbocycles. The number of carbonyl (C=O) groups is 2. The smallest absolute Gasteiger partial charge is 0.242 e. The summed E-state index contributed by atoms with van der Waals surface area (Å²) < 4.78 is 10.6. The third kappa shape index (κ3) is 2.64. The molecule has 1 heterocycles. The predicted molar refractivity (Wildman–Crippen MR) is 63.7 cm³/mol. The molecule has 2 rings (SSSR count). The van der Waals surface area contributed by atoms with E-state index in [1.54, 1.807) is 4.90 Å². The minimum absolute atomic E-state index is 0.0121. The van der Waals surface area contributed by atoms with Gasteiger partial charge in [-0.2, -0.15) is 0 Å². The van der Waals surface area contributed by atoms with Crippen molar-refractivity contribution in [3.8, 4) is 0 Å². The molecule has 2 N–H and O–H groups in total. The maximum absolute atomic E-state index is 12.3. The summed E-state index contributed by atoms with van der Waals surface area (Å²) in [5, 5.41) is 0. The largest absolute Gasteiger partial charge is 0.378 e. The summed E-state index contributed by atoms with van der Waals surface area (Å²) in [4.78, 5) is 25.1. The maximum atomic E-state index is 12.3. The van der Waals surface area contributed by atoms with Gasteiger partial charge in [0.2, 0.25) is 11.8 Å². The van der Waals surface area contributed by atoms with Crippen molar-refractivity contribution in [3.05, 3.63) is 0 Å². The standard InChI is InChI=1S/C12H20N2O4/c1-2-18-9-5-8(6-9)12(16)14-3-4-17-7-10(14)11(13)15/h8-10H,2-7H2,1H3,(H2,13,15). The van der Waals surface area contributed by atoms with Gasteiger partial charge in [-0.3, -0.25) is 9.59 Å². The fourth-order valence-electron chi connectivity index (χ4n) is 2.48. The lowest BCUT2D eigenvalue weighted by Gasteiger charge is -2.40. The minimum atomic E-state index is -0.614. The average Bonchev–Trinajstić information content (AvgIpc) is 2.32. The van der Waals surface area contributed by atoms with Crippen LogP contribution in [0.2, 0.25) is 0 Å². The van der Waals surface area contributed by atoms with Crippen LogP contribution in [0.4, 0.5) is 0 Å². The molecule has 1 saturated carbocycles. The summed E-state index contributed by atoms with van der Waals surface area (Å²) >= 11 is 0. The second-order valence-electron chi connectivity index (χ2n) is 4.77. The van der Waals surface area contributed by atoms with Crippen LogP contribution in [0.3, 0.4) is 0 Å². The molecule has 1 unspecified atom stereocenters. The highest BCUT2D eigenvalue weighted by Crippen LogP contribution is 2.32. The number of morpholine rings is 1. The van der Waals surface area contributed by atoms with E-state index in [4.69, 9.17) is 15.2 Å². The number of nitrogens with zero attached hydrogens (tertiary/aromatic N) is 1. The van der Waals surface area contributed by atoms with Gasteiger partial charge in [0, 0.05) is 19.1 Å². The number of amides is 2. The highest BCUT2D eigenvalue weighted by molar-refractivity contribution is 5.88. The summed E-state index contributed by atoms with van der Waals surface area (Å²) in [6, 6.07) is -0.614. The van der Waals surface area contributed by atoms with Gasteiger partial charge in [0.05, 0.1) is 19.3 Å². The quantitative estimate of drug-likeness (QED) is 0.736. The van der Waals surface area contributed by atoms with Gasteiger partial charge in [-0.15, -0.1) is 0 Å². The predicted octanol–water partition coefficient (Wildman–Crippen LogP) is -0.486. The van der Waals surface area contributed by atoms with Gasteiger partial charge in [0.1, 0.15) is 6.04 Å². The van der Waals surface area contributed by atoms with Gasteiger partial charge < -0.3 is 20.1 Å². The zero-order chi connectivity index (χ0) is 13.1. The van der Waals surface area contributed by atoms with E-state index in [1.807, 2.05) is 6.92 Å². The zero-order valence-corrected chi connectivity index (χ0v) is 10.6. The van der Waals surface area contributed by atoms with E-state index < -0.39 is 11.9 Å². The molecule has 0 bridgehead atoms. The monoisotopic (exact) mass is 256 g/mol. The van der Waals surface area contributed by atoms with Crippen LogP contribution >= 0.6 is 0 Å². The van der Waals surface area contributed by atoms with Crippen LogP contribution in [-0.2, 0) is 19.1 Å². The van der Waals surface area contributed by atoms with Crippen LogP contribution in [0.5, 0.6) is 0 Å². The summed E-state index contributed by atoms with van der Waals surface area (Å²) in [5.41, 5.74) is 5.29. The number of rotatable bonds is 4. The van der Waals surface area contributed by atoms with Crippen molar-refractivity contribution in [2.75, 3.05) is 26.4 Å². The molecular weight excluding hydrogens is 236 g/mol. The minimum Gasteiger partial charge on any atom is -0.378 e. The van der Waals surface area contributed by atoms with Crippen LogP contribution in [0.1, 0.15) is 19.8 Å². The van der Waals surface area contributed by atoms with Crippen molar-refractivity contribution in [1.82, 2.24) is 4.90 Å². The Morgan fingerprint density at radius 1 is 1.44 bits per heavy atom. The van der Waals surface area contributed by atoms with Gasteiger partial charge >= 0.3 is 0 Å². The Hall–Kier alpha value is -1.14. The van der Waals surface area contributed by atoms with E-state index >= 15 is 0 Å². The van der Waals surface area contributed by atoms with E-state index in [-0.39, 0.29) is 24.5 Å². The second kappa shape index (κ2) is 5.67. The molecule has 6 nitrogen and oxygen atoms in total. The summed E-state index contributed by atoms with van der Waals surface area (Å²) in [6.45, 7) is 3.75. The highest BCUT2D eigenvalue weighted by Gasteiger charge is 2.41. The van der Waals surface area contributed by atoms with Crippen LogP contribution in [0.15, 0.2) is 0 Å². The molecule has 1 saturated heterocycles. The Morgan fingerprint density at radius 3 is 2.78 bits per heavy atom. The molecule has 0 aromatic heterocycles. The van der Waals surface area contributed by atoms with Gasteiger partial charge in [-0.1, -0.05) is 0 Å². The van der Waals surface area contributed by atoms with Gasteiger partial charge in [-0.25, -0.2) is 0 Å². The van der Waals surface area contributed by atoms with Crippen molar-refractivity contribution >= 4 is 11.8 Å². The summed E-state index contributed by atoms with van der Waals surface area (Å²) in [7, 11) is 0. The lowest BCUT2D eigenvalue weighted by molar-refractivity contribution is -0.157. The molecule has 102 valence electrons. The van der Waals surface area contributed by atoms with E-state index in [1.165, 1.54) is 0 Å². The molecule has 0 aromatic carbocycles. The molecule has 0 radical (unpaired) electrons. The average molecular weight is 256 g/mol. The maximum Gasteiger partial charge on any atom is 0.242 e. The molecule has 1 aliphatic heterocycles. The van der Waals surface area contributed by atoms with Gasteiger partial charge in [0.25, 0.3) is 0 Å². The number of nitrogens with two attached hydrogens (primary N) is 1. The molecule has 0 aromatic rings. The molecular formula is C12H20N2O4. The highest BCUT2D eigenvalue weighted by atomic mass is 16.5. The molecule has 6 heteroatoms. The van der Waals surface area contributed by atoms with Crippen LogP contribution in [0, 0.1) is 5.92 Å². The number of carbonyl (C=O) groups excluding carboxylic acids is 2. The zero-order valence-electron chi connectivity index (χ0n) is 10.6. The summed E-state index contributed by atoms with van der Waals surface area (Å²) in [6.07, 6.45) is 1.68. The first-order valence-electron chi connectivity index (χ1n) is 6.42. The first-order valence-corrected chi connectivity index (χ1v) is 6.42. The van der Waals surface area contributed by atoms with E-state index in [0.717, 1.165) is 12.8 Å². The van der Waals surface area contributed by atoms with Crippen molar-refractivity contribution in [2.24, 2.45) is 11.7 Å². The Morgan fingerprint density at radius 2 is 2.17 bits per heavy atom. The Bertz CT molecular complexity index is 328. The van der Waals surface area contributed by atoms with Crippen LogP contribution in [0.25, 0.3) is 0 Å². The molecule has 18 heavy (non-hydrogen) atoms. The van der Waals surface area contributed by atoms with Gasteiger partial charge in [0.15, 0.2) is 0 Å². The number of hydrogen-bond acceptors (Lipinski definition) is 4. The topological polar surface area (TPSA) is 81.9 Å². The van der Waals surface area contributed by atoms with Gasteiger partial charge in [-0.05, 0) is 19.8 Å². The Balaban J connectivity index is 1.90. The Kier molecular flexibility index (Phi) is 4.19. The Labute approximate surface area is 106 Å². The van der Waals surface area contributed by atoms with Crippen molar-refractivity contribution in [1.29, 1.82) is 0 Å². The van der Waals surface area contributed by atoms with Crippen LogP contribution < -0.4 is 5.73 Å². The van der Waals surface area contributed by atoms with E-state index in [9.17, 15) is 9.59 Å². The molecule has 2 aliphatic rings. The lowest BCUT2D eigenvalue weighted by Crippen LogP contribution is -2.57. The van der Waals surface area contributed by atoms with Crippen molar-refractivity contribution in [2.45, 2.75) is 31.9 Å². The number of ether oxygens (including phenoxy) is 2. The normalized spacial score (nSPS) is 31.8. The van der Waals surface area contributed by atoms with Crippen molar-refractivity contribution in [3.63, 3.8) is 0 Å². The van der Waals surface area contributed by atoms with Crippen molar-refractivity contribution < 1.29 is 19.1 Å². The number of hydrogen-bond donors (Lipinski definition) is 1. The third-order valence-corrected chi connectivity index (χ3v) is 3.59. The lowest BCUT2D eigenvalue weighted by atomic mass is 9.81. The fraction of sp³-hybridized carbons (Fsp3) is 0.833. The first kappa shape index (κ1) is 13.3. The van der Waals surface area contributed by atoms with Crippen LogP contribution in [-0.4, -0.2) is 55.2 Å². The molecule has 2 amide bonds. The molecule has 0 spiro atoms. The SMILES string of the molecule is CCOC1CC(C(=O)N2CCOCC2C(N)=O)C1.